The Morgan fingerprint density at radius 3 is 2.32 bits per heavy atom. The minimum Gasteiger partial charge on any atom is -0.349 e. The maximum Gasteiger partial charge on any atom is 0.239 e. The molecule has 2 rings (SSSR count). The lowest BCUT2D eigenvalue weighted by Crippen LogP contribution is -2.45. The second kappa shape index (κ2) is 7.66. The summed E-state index contributed by atoms with van der Waals surface area (Å²) >= 11 is 5.71. The van der Waals surface area contributed by atoms with E-state index in [1.165, 1.54) is 26.0 Å². The normalized spacial score (nSPS) is 12.4. The molecule has 0 heterocycles. The zero-order valence-corrected chi connectivity index (χ0v) is 15.0. The number of amides is 2. The Hall–Kier alpha value is -2.40. The summed E-state index contributed by atoms with van der Waals surface area (Å²) in [6, 6.07) is 13.1. The van der Waals surface area contributed by atoms with Crippen molar-refractivity contribution in [3.05, 3.63) is 64.9 Å². The fraction of sp³-hybridized carbons (Fsp3) is 0.263. The Bertz CT molecular complexity index is 778. The van der Waals surface area contributed by atoms with E-state index < -0.39 is 23.0 Å². The van der Waals surface area contributed by atoms with Gasteiger partial charge in [0.1, 0.15) is 11.2 Å². The summed E-state index contributed by atoms with van der Waals surface area (Å²) in [6.45, 7) is 4.90. The Kier molecular flexibility index (Phi) is 5.80. The lowest BCUT2D eigenvalue weighted by molar-refractivity contribution is -0.138. The highest BCUT2D eigenvalue weighted by Gasteiger charge is 2.36. The van der Waals surface area contributed by atoms with Gasteiger partial charge in [0.2, 0.25) is 11.8 Å². The molecule has 0 saturated heterocycles. The highest BCUT2D eigenvalue weighted by atomic mass is 35.5. The molecule has 25 heavy (non-hydrogen) atoms. The number of carbonyl (C=O) groups is 2. The highest BCUT2D eigenvalue weighted by molar-refractivity contribution is 6.31. The maximum absolute atomic E-state index is 13.2. The molecule has 2 N–H and O–H groups in total. The number of carbonyl (C=O) groups excluding carboxylic acids is 2. The summed E-state index contributed by atoms with van der Waals surface area (Å²) in [5.41, 5.74) is -0.0464. The van der Waals surface area contributed by atoms with Crippen molar-refractivity contribution in [3.8, 4) is 0 Å². The van der Waals surface area contributed by atoms with Gasteiger partial charge in [-0.3, -0.25) is 9.59 Å². The molecular weight excluding hydrogens is 343 g/mol. The summed E-state index contributed by atoms with van der Waals surface area (Å²) in [5.74, 6) is -1.49. The van der Waals surface area contributed by atoms with Gasteiger partial charge in [0.25, 0.3) is 0 Å². The van der Waals surface area contributed by atoms with Crippen molar-refractivity contribution in [1.82, 2.24) is 5.32 Å². The monoisotopic (exact) mass is 362 g/mol. The quantitative estimate of drug-likeness (QED) is 0.778. The molecule has 0 fully saturated rings. The molecule has 1 unspecified atom stereocenters. The van der Waals surface area contributed by atoms with Crippen LogP contribution in [0.3, 0.4) is 0 Å². The first-order valence-electron chi connectivity index (χ1n) is 7.84. The summed E-state index contributed by atoms with van der Waals surface area (Å²) < 4.78 is 13.2. The van der Waals surface area contributed by atoms with E-state index >= 15 is 0 Å². The molecule has 2 aromatic rings. The van der Waals surface area contributed by atoms with Gasteiger partial charge in [-0.15, -0.1) is 0 Å². The van der Waals surface area contributed by atoms with Crippen molar-refractivity contribution in [2.45, 2.75) is 26.8 Å². The van der Waals surface area contributed by atoms with E-state index in [0.29, 0.717) is 5.69 Å². The van der Waals surface area contributed by atoms with Crippen molar-refractivity contribution in [2.24, 2.45) is 5.41 Å². The van der Waals surface area contributed by atoms with E-state index in [0.717, 1.165) is 11.6 Å². The average molecular weight is 363 g/mol. The number of rotatable bonds is 5. The molecule has 0 bridgehead atoms. The third-order valence-electron chi connectivity index (χ3n) is 3.96. The Morgan fingerprint density at radius 1 is 1.08 bits per heavy atom. The molecule has 0 aliphatic carbocycles. The van der Waals surface area contributed by atoms with E-state index in [2.05, 4.69) is 10.6 Å². The third kappa shape index (κ3) is 4.57. The summed E-state index contributed by atoms with van der Waals surface area (Å²) in [4.78, 5) is 25.0. The van der Waals surface area contributed by atoms with Gasteiger partial charge in [-0.05, 0) is 44.5 Å². The van der Waals surface area contributed by atoms with Crippen LogP contribution in [-0.4, -0.2) is 11.8 Å². The van der Waals surface area contributed by atoms with Gasteiger partial charge < -0.3 is 10.6 Å². The first-order chi connectivity index (χ1) is 11.7. The van der Waals surface area contributed by atoms with Gasteiger partial charge in [0.15, 0.2) is 0 Å². The smallest absolute Gasteiger partial charge is 0.239 e. The SMILES string of the molecule is CC(NC(=O)C(C)(C)C(=O)Nc1ccc(F)c(Cl)c1)c1ccccc1. The predicted octanol–water partition coefficient (Wildman–Crippen LogP) is 4.32. The molecule has 0 spiro atoms. The van der Waals surface area contributed by atoms with Crippen LogP contribution < -0.4 is 10.6 Å². The van der Waals surface area contributed by atoms with E-state index in [1.54, 1.807) is 0 Å². The Balaban J connectivity index is 2.06. The van der Waals surface area contributed by atoms with E-state index in [-0.39, 0.29) is 11.1 Å². The highest BCUT2D eigenvalue weighted by Crippen LogP contribution is 2.24. The average Bonchev–Trinajstić information content (AvgIpc) is 2.58. The molecule has 0 aliphatic rings. The topological polar surface area (TPSA) is 58.2 Å². The summed E-state index contributed by atoms with van der Waals surface area (Å²) in [6.07, 6.45) is 0. The summed E-state index contributed by atoms with van der Waals surface area (Å²) in [7, 11) is 0. The van der Waals surface area contributed by atoms with Crippen molar-refractivity contribution in [2.75, 3.05) is 5.32 Å². The molecule has 4 nitrogen and oxygen atoms in total. The Morgan fingerprint density at radius 2 is 1.72 bits per heavy atom. The molecule has 0 saturated carbocycles. The third-order valence-corrected chi connectivity index (χ3v) is 4.25. The zero-order valence-electron chi connectivity index (χ0n) is 14.3. The van der Waals surface area contributed by atoms with Crippen LogP contribution in [0.25, 0.3) is 0 Å². The standard InChI is InChI=1S/C19H20ClFN2O2/c1-12(13-7-5-4-6-8-13)22-17(24)19(2,3)18(25)23-14-9-10-16(21)15(20)11-14/h4-12H,1-3H3,(H,22,24)(H,23,25). The van der Waals surface area contributed by atoms with Crippen molar-refractivity contribution >= 4 is 29.1 Å². The minimum absolute atomic E-state index is 0.0993. The molecular formula is C19H20ClFN2O2. The fourth-order valence-corrected chi connectivity index (χ4v) is 2.35. The van der Waals surface area contributed by atoms with Gasteiger partial charge >= 0.3 is 0 Å². The predicted molar refractivity (Wildman–Crippen MR) is 96.8 cm³/mol. The number of halogens is 2. The number of anilines is 1. The fourth-order valence-electron chi connectivity index (χ4n) is 2.17. The van der Waals surface area contributed by atoms with Crippen molar-refractivity contribution < 1.29 is 14.0 Å². The van der Waals surface area contributed by atoms with Gasteiger partial charge in [0, 0.05) is 5.69 Å². The van der Waals surface area contributed by atoms with E-state index in [9.17, 15) is 14.0 Å². The molecule has 0 radical (unpaired) electrons. The van der Waals surface area contributed by atoms with Gasteiger partial charge in [-0.2, -0.15) is 0 Å². The van der Waals surface area contributed by atoms with Crippen molar-refractivity contribution in [3.63, 3.8) is 0 Å². The van der Waals surface area contributed by atoms with Crippen LogP contribution in [0, 0.1) is 11.2 Å². The Labute approximate surface area is 151 Å². The second-order valence-corrected chi connectivity index (χ2v) is 6.72. The first kappa shape index (κ1) is 18.9. The van der Waals surface area contributed by atoms with Gasteiger partial charge in [-0.25, -0.2) is 4.39 Å². The van der Waals surface area contributed by atoms with Crippen molar-refractivity contribution in [1.29, 1.82) is 0 Å². The number of hydrogen-bond acceptors (Lipinski definition) is 2. The van der Waals surface area contributed by atoms with E-state index in [4.69, 9.17) is 11.6 Å². The number of benzene rings is 2. The minimum atomic E-state index is -1.32. The van der Waals surface area contributed by atoms with Crippen LogP contribution in [0.1, 0.15) is 32.4 Å². The molecule has 6 heteroatoms. The van der Waals surface area contributed by atoms with Crippen LogP contribution in [0.4, 0.5) is 10.1 Å². The molecule has 2 aromatic carbocycles. The maximum atomic E-state index is 13.2. The summed E-state index contributed by atoms with van der Waals surface area (Å²) in [5, 5.41) is 5.33. The molecule has 0 aliphatic heterocycles. The van der Waals surface area contributed by atoms with Crippen LogP contribution >= 0.6 is 11.6 Å². The van der Waals surface area contributed by atoms with Crippen LogP contribution in [0.15, 0.2) is 48.5 Å². The van der Waals surface area contributed by atoms with Gasteiger partial charge in [0.05, 0.1) is 11.1 Å². The van der Waals surface area contributed by atoms with Crippen LogP contribution in [-0.2, 0) is 9.59 Å². The van der Waals surface area contributed by atoms with Crippen LogP contribution in [0.2, 0.25) is 5.02 Å². The molecule has 0 aromatic heterocycles. The lowest BCUT2D eigenvalue weighted by atomic mass is 9.90. The van der Waals surface area contributed by atoms with E-state index in [1.807, 2.05) is 37.3 Å². The second-order valence-electron chi connectivity index (χ2n) is 6.31. The molecule has 1 atom stereocenters. The van der Waals surface area contributed by atoms with Gasteiger partial charge in [-0.1, -0.05) is 41.9 Å². The first-order valence-corrected chi connectivity index (χ1v) is 8.22. The molecule has 2 amide bonds. The van der Waals surface area contributed by atoms with Crippen LogP contribution in [0.5, 0.6) is 0 Å². The zero-order chi connectivity index (χ0) is 18.6. The number of nitrogens with one attached hydrogen (secondary N) is 2. The lowest BCUT2D eigenvalue weighted by Gasteiger charge is -2.25. The number of hydrogen-bond donors (Lipinski definition) is 2. The molecule has 132 valence electrons. The largest absolute Gasteiger partial charge is 0.349 e.